The molecule has 1 aromatic rings. The number of benzene rings is 1. The van der Waals surface area contributed by atoms with Gasteiger partial charge in [0, 0.05) is 6.04 Å². The van der Waals surface area contributed by atoms with E-state index in [0.29, 0.717) is 31.7 Å². The summed E-state index contributed by atoms with van der Waals surface area (Å²) in [6.45, 7) is 5.74. The van der Waals surface area contributed by atoms with Gasteiger partial charge in [0.1, 0.15) is 12.4 Å². The largest absolute Gasteiger partial charge is 0.492 e. The Bertz CT molecular complexity index is 476. The Kier molecular flexibility index (Phi) is 6.72. The molecule has 0 radical (unpaired) electrons. The third kappa shape index (κ3) is 5.68. The molecule has 0 spiro atoms. The predicted octanol–water partition coefficient (Wildman–Crippen LogP) is 2.66. The van der Waals surface area contributed by atoms with Gasteiger partial charge in [0.25, 0.3) is 0 Å². The Labute approximate surface area is 133 Å². The zero-order chi connectivity index (χ0) is 15.8. The molecule has 1 amide bonds. The summed E-state index contributed by atoms with van der Waals surface area (Å²) in [6, 6.07) is 8.42. The van der Waals surface area contributed by atoms with E-state index < -0.39 is 0 Å². The lowest BCUT2D eigenvalue weighted by molar-refractivity contribution is -0.120. The van der Waals surface area contributed by atoms with Gasteiger partial charge >= 0.3 is 0 Å². The van der Waals surface area contributed by atoms with Crippen molar-refractivity contribution in [3.8, 4) is 5.75 Å². The summed E-state index contributed by atoms with van der Waals surface area (Å²) in [5.41, 5.74) is 1.17. The van der Waals surface area contributed by atoms with Crippen molar-refractivity contribution in [1.82, 2.24) is 10.6 Å². The van der Waals surface area contributed by atoms with Crippen molar-refractivity contribution in [3.05, 3.63) is 29.8 Å². The summed E-state index contributed by atoms with van der Waals surface area (Å²) in [7, 11) is 0. The Morgan fingerprint density at radius 2 is 2.14 bits per heavy atom. The molecule has 1 aliphatic rings. The molecule has 0 heterocycles. The molecule has 1 aromatic carbocycles. The highest BCUT2D eigenvalue weighted by Gasteiger charge is 2.21. The van der Waals surface area contributed by atoms with Crippen LogP contribution in [0.1, 0.15) is 38.2 Å². The van der Waals surface area contributed by atoms with E-state index in [1.54, 1.807) is 0 Å². The summed E-state index contributed by atoms with van der Waals surface area (Å²) >= 11 is 0. The smallest absolute Gasteiger partial charge is 0.234 e. The molecule has 0 saturated heterocycles. The highest BCUT2D eigenvalue weighted by molar-refractivity contribution is 5.77. The van der Waals surface area contributed by atoms with E-state index >= 15 is 0 Å². The van der Waals surface area contributed by atoms with E-state index in [1.165, 1.54) is 31.2 Å². The molecule has 0 aromatic heterocycles. The van der Waals surface area contributed by atoms with Crippen molar-refractivity contribution in [2.75, 3.05) is 19.7 Å². The van der Waals surface area contributed by atoms with Crippen molar-refractivity contribution in [2.24, 2.45) is 5.92 Å². The number of ether oxygens (including phenoxy) is 1. The maximum Gasteiger partial charge on any atom is 0.234 e. The van der Waals surface area contributed by atoms with Crippen LogP contribution >= 0.6 is 0 Å². The molecular formula is C18H28N2O2. The van der Waals surface area contributed by atoms with Crippen LogP contribution in [0.2, 0.25) is 0 Å². The van der Waals surface area contributed by atoms with E-state index in [1.807, 2.05) is 31.2 Å². The Hall–Kier alpha value is -1.55. The predicted molar refractivity (Wildman–Crippen MR) is 89.1 cm³/mol. The van der Waals surface area contributed by atoms with Gasteiger partial charge in [-0.3, -0.25) is 4.79 Å². The lowest BCUT2D eigenvalue weighted by Crippen LogP contribution is -2.43. The fraction of sp³-hybridized carbons (Fsp3) is 0.611. The van der Waals surface area contributed by atoms with Gasteiger partial charge in [0.05, 0.1) is 13.1 Å². The molecule has 0 aliphatic heterocycles. The fourth-order valence-corrected chi connectivity index (χ4v) is 2.97. The first kappa shape index (κ1) is 16.8. The first-order valence-electron chi connectivity index (χ1n) is 8.34. The van der Waals surface area contributed by atoms with Gasteiger partial charge in [-0.15, -0.1) is 0 Å². The summed E-state index contributed by atoms with van der Waals surface area (Å²) in [4.78, 5) is 11.8. The minimum absolute atomic E-state index is 0.0469. The van der Waals surface area contributed by atoms with Crippen LogP contribution in [-0.2, 0) is 4.79 Å². The van der Waals surface area contributed by atoms with Crippen LogP contribution in [0.5, 0.6) is 5.75 Å². The van der Waals surface area contributed by atoms with E-state index in [0.717, 1.165) is 5.75 Å². The molecule has 1 fully saturated rings. The van der Waals surface area contributed by atoms with Crippen LogP contribution in [0.3, 0.4) is 0 Å². The van der Waals surface area contributed by atoms with Gasteiger partial charge < -0.3 is 15.4 Å². The second-order valence-corrected chi connectivity index (χ2v) is 6.26. The maximum atomic E-state index is 11.8. The molecule has 22 heavy (non-hydrogen) atoms. The number of hydrogen-bond acceptors (Lipinski definition) is 3. The van der Waals surface area contributed by atoms with Crippen LogP contribution in [0.4, 0.5) is 0 Å². The third-order valence-electron chi connectivity index (χ3n) is 4.32. The SMILES string of the molecule is Cc1cccc(OCCNC(=O)CNC2CCCCC2C)c1. The van der Waals surface area contributed by atoms with Gasteiger partial charge in [-0.2, -0.15) is 0 Å². The van der Waals surface area contributed by atoms with Crippen molar-refractivity contribution >= 4 is 5.91 Å². The van der Waals surface area contributed by atoms with Gasteiger partial charge in [-0.05, 0) is 43.4 Å². The van der Waals surface area contributed by atoms with E-state index in [-0.39, 0.29) is 5.91 Å². The Balaban J connectivity index is 1.57. The number of amides is 1. The number of hydrogen-bond donors (Lipinski definition) is 2. The maximum absolute atomic E-state index is 11.8. The minimum Gasteiger partial charge on any atom is -0.492 e. The molecule has 1 aliphatic carbocycles. The van der Waals surface area contributed by atoms with Crippen LogP contribution in [0, 0.1) is 12.8 Å². The molecule has 2 atom stereocenters. The quantitative estimate of drug-likeness (QED) is 0.762. The van der Waals surface area contributed by atoms with Gasteiger partial charge in [-0.25, -0.2) is 0 Å². The minimum atomic E-state index is 0.0469. The molecule has 1 saturated carbocycles. The second-order valence-electron chi connectivity index (χ2n) is 6.26. The molecule has 4 nitrogen and oxygen atoms in total. The molecule has 4 heteroatoms. The molecule has 0 bridgehead atoms. The average Bonchev–Trinajstić information content (AvgIpc) is 2.51. The third-order valence-corrected chi connectivity index (χ3v) is 4.32. The average molecular weight is 304 g/mol. The first-order valence-corrected chi connectivity index (χ1v) is 8.34. The zero-order valence-electron chi connectivity index (χ0n) is 13.7. The number of carbonyl (C=O) groups excluding carboxylic acids is 1. The van der Waals surface area contributed by atoms with Crippen molar-refractivity contribution in [2.45, 2.75) is 45.6 Å². The number of aryl methyl sites for hydroxylation is 1. The normalized spacial score (nSPS) is 21.4. The van der Waals surface area contributed by atoms with Crippen molar-refractivity contribution in [1.29, 1.82) is 0 Å². The van der Waals surface area contributed by atoms with Crippen LogP contribution in [0.25, 0.3) is 0 Å². The standard InChI is InChI=1S/C18H28N2O2/c1-14-6-5-8-16(12-14)22-11-10-19-18(21)13-20-17-9-4-3-7-15(17)2/h5-6,8,12,15,17,20H,3-4,7,9-11,13H2,1-2H3,(H,19,21). The van der Waals surface area contributed by atoms with Crippen LogP contribution in [-0.4, -0.2) is 31.6 Å². The molecule has 122 valence electrons. The molecule has 2 unspecified atom stereocenters. The Morgan fingerprint density at radius 1 is 1.32 bits per heavy atom. The van der Waals surface area contributed by atoms with E-state index in [2.05, 4.69) is 17.6 Å². The van der Waals surface area contributed by atoms with Gasteiger partial charge in [0.2, 0.25) is 5.91 Å². The molecular weight excluding hydrogens is 276 g/mol. The van der Waals surface area contributed by atoms with Gasteiger partial charge in [0.15, 0.2) is 0 Å². The fourth-order valence-electron chi connectivity index (χ4n) is 2.97. The van der Waals surface area contributed by atoms with Crippen LogP contribution in [0.15, 0.2) is 24.3 Å². The van der Waals surface area contributed by atoms with Crippen molar-refractivity contribution in [3.63, 3.8) is 0 Å². The highest BCUT2D eigenvalue weighted by Crippen LogP contribution is 2.23. The number of carbonyl (C=O) groups is 1. The molecule has 2 N–H and O–H groups in total. The Morgan fingerprint density at radius 3 is 2.91 bits per heavy atom. The lowest BCUT2D eigenvalue weighted by atomic mass is 9.86. The number of nitrogens with one attached hydrogen (secondary N) is 2. The lowest BCUT2D eigenvalue weighted by Gasteiger charge is -2.29. The summed E-state index contributed by atoms with van der Waals surface area (Å²) in [6.07, 6.45) is 5.05. The summed E-state index contributed by atoms with van der Waals surface area (Å²) in [5, 5.41) is 6.28. The van der Waals surface area contributed by atoms with E-state index in [4.69, 9.17) is 4.74 Å². The van der Waals surface area contributed by atoms with E-state index in [9.17, 15) is 4.79 Å². The van der Waals surface area contributed by atoms with Crippen molar-refractivity contribution < 1.29 is 9.53 Å². The first-order chi connectivity index (χ1) is 10.6. The topological polar surface area (TPSA) is 50.4 Å². The van der Waals surface area contributed by atoms with Crippen LogP contribution < -0.4 is 15.4 Å². The van der Waals surface area contributed by atoms with Gasteiger partial charge in [-0.1, -0.05) is 31.9 Å². The summed E-state index contributed by atoms with van der Waals surface area (Å²) in [5.74, 6) is 1.57. The highest BCUT2D eigenvalue weighted by atomic mass is 16.5. The second kappa shape index (κ2) is 8.79. The molecule has 2 rings (SSSR count). The summed E-state index contributed by atoms with van der Waals surface area (Å²) < 4.78 is 5.61. The monoisotopic (exact) mass is 304 g/mol. The zero-order valence-corrected chi connectivity index (χ0v) is 13.7. The number of rotatable bonds is 7.